The van der Waals surface area contributed by atoms with Crippen LogP contribution in [-0.2, 0) is 21.0 Å². The average molecular weight is 554 g/mol. The largest absolute Gasteiger partial charge is 0.503 e. The number of nitro groups is 1. The molecule has 3 aromatic carbocycles. The Kier molecular flexibility index (Phi) is 6.10. The van der Waals surface area contributed by atoms with Gasteiger partial charge in [-0.2, -0.15) is 0 Å². The van der Waals surface area contributed by atoms with Crippen LogP contribution in [0, 0.1) is 16.0 Å². The maximum atomic E-state index is 13.6. The molecule has 36 heavy (non-hydrogen) atoms. The fraction of sp³-hybridized carbons (Fsp3) is 0.200. The van der Waals surface area contributed by atoms with E-state index in [-0.39, 0.29) is 23.7 Å². The highest BCUT2D eigenvalue weighted by Gasteiger charge is 2.60. The molecule has 0 aromatic heterocycles. The summed E-state index contributed by atoms with van der Waals surface area (Å²) in [5.41, 5.74) is 1.44. The van der Waals surface area contributed by atoms with Crippen molar-refractivity contribution in [2.45, 2.75) is 18.7 Å². The molecule has 0 unspecified atom stereocenters. The minimum absolute atomic E-state index is 0.0982. The fourth-order valence-electron chi connectivity index (χ4n) is 4.62. The minimum atomic E-state index is -1.12. The molecule has 11 heteroatoms. The van der Waals surface area contributed by atoms with Crippen LogP contribution < -0.4 is 9.80 Å². The van der Waals surface area contributed by atoms with E-state index in [4.69, 9.17) is 9.57 Å². The molecule has 0 aliphatic carbocycles. The number of nitrogens with zero attached hydrogens (tertiary/aromatic N) is 3. The van der Waals surface area contributed by atoms with Gasteiger partial charge in [-0.05, 0) is 45.3 Å². The second-order valence-electron chi connectivity index (χ2n) is 8.40. The van der Waals surface area contributed by atoms with Crippen LogP contribution in [0.5, 0.6) is 11.5 Å². The summed E-state index contributed by atoms with van der Waals surface area (Å²) in [4.78, 5) is 45.1. The molecule has 0 spiro atoms. The smallest absolute Gasteiger partial charge is 0.271 e. The third kappa shape index (κ3) is 3.95. The molecule has 2 fully saturated rings. The molecule has 10 nitrogen and oxygen atoms in total. The van der Waals surface area contributed by atoms with Crippen LogP contribution in [0.3, 0.4) is 0 Å². The van der Waals surface area contributed by atoms with E-state index < -0.39 is 34.8 Å². The number of aromatic hydroxyl groups is 1. The Bertz CT molecular complexity index is 1370. The second-order valence-corrected chi connectivity index (χ2v) is 9.26. The first-order chi connectivity index (χ1) is 17.3. The molecule has 2 aliphatic heterocycles. The van der Waals surface area contributed by atoms with Gasteiger partial charge in [0.15, 0.2) is 17.6 Å². The van der Waals surface area contributed by atoms with Crippen molar-refractivity contribution < 1.29 is 29.2 Å². The number of hydrogen-bond acceptors (Lipinski definition) is 8. The van der Waals surface area contributed by atoms with Crippen molar-refractivity contribution in [1.82, 2.24) is 4.90 Å². The van der Waals surface area contributed by atoms with E-state index in [1.165, 1.54) is 35.3 Å². The molecule has 5 rings (SSSR count). The number of amides is 2. The molecule has 2 saturated heterocycles. The van der Waals surface area contributed by atoms with Gasteiger partial charge >= 0.3 is 0 Å². The molecule has 0 radical (unpaired) electrons. The number of methoxy groups -OCH3 is 1. The Morgan fingerprint density at radius 1 is 1.08 bits per heavy atom. The number of phenols is 1. The van der Waals surface area contributed by atoms with Gasteiger partial charge in [-0.1, -0.05) is 36.4 Å². The summed E-state index contributed by atoms with van der Waals surface area (Å²) in [5.74, 6) is -1.81. The normalized spacial score (nSPS) is 21.1. The van der Waals surface area contributed by atoms with Gasteiger partial charge < -0.3 is 9.84 Å². The lowest BCUT2D eigenvalue weighted by Gasteiger charge is -2.29. The number of fused-ring (bicyclic) bond motifs is 1. The van der Waals surface area contributed by atoms with Gasteiger partial charge in [0.2, 0.25) is 5.91 Å². The van der Waals surface area contributed by atoms with Gasteiger partial charge in [0.05, 0.1) is 34.8 Å². The summed E-state index contributed by atoms with van der Waals surface area (Å²) >= 11 is 3.31. The summed E-state index contributed by atoms with van der Waals surface area (Å²) in [6, 6.07) is 17.2. The topological polar surface area (TPSA) is 122 Å². The first kappa shape index (κ1) is 23.8. The fourth-order valence-corrected chi connectivity index (χ4v) is 5.08. The quantitative estimate of drug-likeness (QED) is 0.275. The Hall–Kier alpha value is -3.96. The predicted octanol–water partition coefficient (Wildman–Crippen LogP) is 4.12. The lowest BCUT2D eigenvalue weighted by atomic mass is 9.90. The molecule has 1 N–H and O–H groups in total. The number of non-ortho nitro benzene ring substituents is 1. The van der Waals surface area contributed by atoms with Crippen LogP contribution in [-0.4, -0.2) is 40.0 Å². The molecule has 0 saturated carbocycles. The maximum Gasteiger partial charge on any atom is 0.271 e. The van der Waals surface area contributed by atoms with Crippen LogP contribution >= 0.6 is 15.9 Å². The zero-order valence-electron chi connectivity index (χ0n) is 18.9. The van der Waals surface area contributed by atoms with E-state index in [0.717, 1.165) is 5.56 Å². The van der Waals surface area contributed by atoms with Crippen molar-refractivity contribution in [2.75, 3.05) is 12.2 Å². The van der Waals surface area contributed by atoms with Crippen LogP contribution in [0.1, 0.15) is 17.2 Å². The zero-order chi connectivity index (χ0) is 25.6. The minimum Gasteiger partial charge on any atom is -0.503 e. The van der Waals surface area contributed by atoms with Gasteiger partial charge in [-0.15, -0.1) is 0 Å². The Labute approximate surface area is 213 Å². The number of ether oxygens (including phenoxy) is 1. The average Bonchev–Trinajstić information content (AvgIpc) is 3.38. The highest BCUT2D eigenvalue weighted by molar-refractivity contribution is 9.10. The van der Waals surface area contributed by atoms with E-state index in [1.54, 1.807) is 18.2 Å². The molecule has 2 amide bonds. The highest BCUT2D eigenvalue weighted by Crippen LogP contribution is 2.49. The molecule has 3 atom stereocenters. The number of carbonyl (C=O) groups is 2. The number of imide groups is 1. The van der Waals surface area contributed by atoms with Crippen LogP contribution in [0.15, 0.2) is 71.2 Å². The number of halogens is 1. The predicted molar refractivity (Wildman–Crippen MR) is 131 cm³/mol. The number of nitro benzene ring substituents is 1. The summed E-state index contributed by atoms with van der Waals surface area (Å²) in [7, 11) is 1.39. The maximum absolute atomic E-state index is 13.6. The molecular formula is C25H20BrN3O7. The highest BCUT2D eigenvalue weighted by atomic mass is 79.9. The second kappa shape index (κ2) is 9.25. The first-order valence-electron chi connectivity index (χ1n) is 11.0. The molecular weight excluding hydrogens is 534 g/mol. The van der Waals surface area contributed by atoms with E-state index in [2.05, 4.69) is 15.9 Å². The van der Waals surface area contributed by atoms with Crippen LogP contribution in [0.25, 0.3) is 0 Å². The standard InChI is InChI=1S/C25H20BrN3O7/c1-35-19-11-15(10-18(26)22(19)30)21-20-23(36-28(21)16-8-5-9-17(12-16)29(33)34)25(32)27(24(20)31)13-14-6-3-2-4-7-14/h2-12,20-21,23,30H,13H2,1H3/t20-,21-,23-/m1/s1. The number of phenolic OH excluding ortho intramolecular Hbond substituents is 1. The SMILES string of the molecule is COc1cc([C@@H]2[C@H]3C(=O)N(Cc4ccccc4)C(=O)[C@@H]3ON2c2cccc([N+](=O)[O-])c2)cc(Br)c1O. The van der Waals surface area contributed by atoms with Gasteiger partial charge in [0, 0.05) is 12.1 Å². The van der Waals surface area contributed by atoms with Crippen molar-refractivity contribution in [3.63, 3.8) is 0 Å². The molecule has 2 heterocycles. The van der Waals surface area contributed by atoms with Crippen LogP contribution in [0.2, 0.25) is 0 Å². The summed E-state index contributed by atoms with van der Waals surface area (Å²) < 4.78 is 5.60. The molecule has 0 bridgehead atoms. The molecule has 184 valence electrons. The number of likely N-dealkylation sites (tertiary alicyclic amines) is 1. The van der Waals surface area contributed by atoms with Crippen molar-refractivity contribution in [3.05, 3.63) is 92.4 Å². The van der Waals surface area contributed by atoms with Gasteiger partial charge in [0.1, 0.15) is 5.92 Å². The molecule has 2 aliphatic rings. The number of benzene rings is 3. The number of hydrogen-bond donors (Lipinski definition) is 1. The van der Waals surface area contributed by atoms with Gasteiger partial charge in [-0.3, -0.25) is 29.4 Å². The van der Waals surface area contributed by atoms with E-state index in [0.29, 0.717) is 15.7 Å². The number of anilines is 1. The van der Waals surface area contributed by atoms with E-state index in [1.807, 2.05) is 30.3 Å². The van der Waals surface area contributed by atoms with Crippen molar-refractivity contribution in [2.24, 2.45) is 5.92 Å². The Morgan fingerprint density at radius 2 is 1.83 bits per heavy atom. The number of rotatable bonds is 6. The third-order valence-electron chi connectivity index (χ3n) is 6.30. The lowest BCUT2D eigenvalue weighted by Crippen LogP contribution is -2.37. The van der Waals surface area contributed by atoms with Crippen LogP contribution in [0.4, 0.5) is 11.4 Å². The summed E-state index contributed by atoms with van der Waals surface area (Å²) in [6.45, 7) is 0.0982. The Balaban J connectivity index is 1.59. The van der Waals surface area contributed by atoms with Gasteiger partial charge in [-0.25, -0.2) is 5.06 Å². The lowest BCUT2D eigenvalue weighted by molar-refractivity contribution is -0.384. The molecule has 3 aromatic rings. The summed E-state index contributed by atoms with van der Waals surface area (Å²) in [6.07, 6.45) is -1.12. The zero-order valence-corrected chi connectivity index (χ0v) is 20.5. The number of hydroxylamine groups is 1. The summed E-state index contributed by atoms with van der Waals surface area (Å²) in [5, 5.41) is 23.1. The third-order valence-corrected chi connectivity index (χ3v) is 6.90. The van der Waals surface area contributed by atoms with Crippen molar-refractivity contribution >= 4 is 39.1 Å². The van der Waals surface area contributed by atoms with E-state index in [9.17, 15) is 24.8 Å². The first-order valence-corrected chi connectivity index (χ1v) is 11.8. The van der Waals surface area contributed by atoms with Crippen molar-refractivity contribution in [3.8, 4) is 11.5 Å². The van der Waals surface area contributed by atoms with Crippen molar-refractivity contribution in [1.29, 1.82) is 0 Å². The van der Waals surface area contributed by atoms with Gasteiger partial charge in [0.25, 0.3) is 11.6 Å². The monoisotopic (exact) mass is 553 g/mol. The number of carbonyl (C=O) groups excluding carboxylic acids is 2. The Morgan fingerprint density at radius 3 is 2.53 bits per heavy atom. The van der Waals surface area contributed by atoms with E-state index >= 15 is 0 Å².